The van der Waals surface area contributed by atoms with Crippen molar-refractivity contribution in [3.8, 4) is 0 Å². The molecule has 4 rings (SSSR count). The smallest absolute Gasteiger partial charge is 0.256 e. The average molecular weight is 392 g/mol. The number of pyridine rings is 1. The maximum absolute atomic E-state index is 13.4. The number of benzene rings is 1. The SMILES string of the molecule is Cc1cc(C)c(CN(C)C(=O)c2cc(C3CC3)cc3c(C(C)C)c[nH]c23)c(=O)[nH]1. The zero-order chi connectivity index (χ0) is 20.9. The Bertz CT molecular complexity index is 1150. The van der Waals surface area contributed by atoms with Crippen molar-refractivity contribution >= 4 is 16.8 Å². The highest BCUT2D eigenvalue weighted by Gasteiger charge is 2.27. The summed E-state index contributed by atoms with van der Waals surface area (Å²) in [5.74, 6) is 0.884. The van der Waals surface area contributed by atoms with Crippen molar-refractivity contribution in [2.24, 2.45) is 0 Å². The quantitative estimate of drug-likeness (QED) is 0.659. The molecule has 5 nitrogen and oxygen atoms in total. The maximum Gasteiger partial charge on any atom is 0.256 e. The summed E-state index contributed by atoms with van der Waals surface area (Å²) in [4.78, 5) is 33.6. The van der Waals surface area contributed by atoms with Gasteiger partial charge in [-0.15, -0.1) is 0 Å². The van der Waals surface area contributed by atoms with Gasteiger partial charge < -0.3 is 14.9 Å². The summed E-state index contributed by atoms with van der Waals surface area (Å²) in [6.45, 7) is 8.42. The molecule has 0 atom stereocenters. The Morgan fingerprint density at radius 2 is 1.93 bits per heavy atom. The second kappa shape index (κ2) is 7.21. The first-order valence-electron chi connectivity index (χ1n) is 10.4. The first-order valence-corrected chi connectivity index (χ1v) is 10.4. The van der Waals surface area contributed by atoms with Gasteiger partial charge in [0.1, 0.15) is 0 Å². The number of hydrogen-bond donors (Lipinski definition) is 2. The van der Waals surface area contributed by atoms with Crippen molar-refractivity contribution in [1.82, 2.24) is 14.9 Å². The predicted octanol–water partition coefficient (Wildman–Crippen LogP) is 4.75. The third kappa shape index (κ3) is 3.61. The number of hydrogen-bond acceptors (Lipinski definition) is 2. The Kier molecular flexibility index (Phi) is 4.85. The second-order valence-electron chi connectivity index (χ2n) is 8.77. The molecule has 0 saturated heterocycles. The van der Waals surface area contributed by atoms with Gasteiger partial charge in [-0.25, -0.2) is 0 Å². The zero-order valence-corrected chi connectivity index (χ0v) is 17.8. The lowest BCUT2D eigenvalue weighted by Gasteiger charge is -2.19. The standard InChI is InChI=1S/C24H29N3O2/c1-13(2)20-11-25-22-18(20)9-17(16-6-7-16)10-19(22)24(29)27(5)12-21-14(3)8-15(4)26-23(21)28/h8-11,13,16,25H,6-7,12H2,1-5H3,(H,26,28). The van der Waals surface area contributed by atoms with Crippen LogP contribution >= 0.6 is 0 Å². The molecule has 0 unspecified atom stereocenters. The lowest BCUT2D eigenvalue weighted by molar-refractivity contribution is 0.0786. The van der Waals surface area contributed by atoms with Crippen LogP contribution in [0.5, 0.6) is 0 Å². The van der Waals surface area contributed by atoms with Crippen molar-refractivity contribution in [2.75, 3.05) is 7.05 Å². The van der Waals surface area contributed by atoms with E-state index in [1.54, 1.807) is 11.9 Å². The van der Waals surface area contributed by atoms with Crippen LogP contribution in [0.2, 0.25) is 0 Å². The molecule has 1 aromatic carbocycles. The van der Waals surface area contributed by atoms with Crippen LogP contribution in [0.25, 0.3) is 10.9 Å². The van der Waals surface area contributed by atoms with Gasteiger partial charge in [-0.3, -0.25) is 9.59 Å². The minimum Gasteiger partial charge on any atom is -0.360 e. The van der Waals surface area contributed by atoms with Crippen LogP contribution in [0.3, 0.4) is 0 Å². The molecule has 0 radical (unpaired) electrons. The molecule has 2 N–H and O–H groups in total. The fourth-order valence-corrected chi connectivity index (χ4v) is 4.17. The molecular weight excluding hydrogens is 362 g/mol. The van der Waals surface area contributed by atoms with E-state index >= 15 is 0 Å². The van der Waals surface area contributed by atoms with Crippen LogP contribution < -0.4 is 5.56 Å². The highest BCUT2D eigenvalue weighted by atomic mass is 16.2. The average Bonchev–Trinajstić information content (AvgIpc) is 3.41. The molecule has 2 heterocycles. The van der Waals surface area contributed by atoms with Crippen molar-refractivity contribution < 1.29 is 4.79 Å². The fourth-order valence-electron chi connectivity index (χ4n) is 4.17. The van der Waals surface area contributed by atoms with Crippen LogP contribution in [0.1, 0.15) is 76.8 Å². The zero-order valence-electron chi connectivity index (χ0n) is 17.8. The lowest BCUT2D eigenvalue weighted by atomic mass is 9.96. The molecule has 1 fully saturated rings. The van der Waals surface area contributed by atoms with E-state index in [1.807, 2.05) is 32.2 Å². The van der Waals surface area contributed by atoms with Crippen molar-refractivity contribution in [3.63, 3.8) is 0 Å². The number of rotatable bonds is 5. The van der Waals surface area contributed by atoms with E-state index in [0.29, 0.717) is 23.0 Å². The van der Waals surface area contributed by atoms with E-state index in [1.165, 1.54) is 24.0 Å². The number of aromatic nitrogens is 2. The number of nitrogens with one attached hydrogen (secondary N) is 2. The lowest BCUT2D eigenvalue weighted by Crippen LogP contribution is -2.30. The Hall–Kier alpha value is -2.82. The van der Waals surface area contributed by atoms with Gasteiger partial charge in [0.05, 0.1) is 17.6 Å². The first-order chi connectivity index (χ1) is 13.8. The Morgan fingerprint density at radius 3 is 2.55 bits per heavy atom. The van der Waals surface area contributed by atoms with Crippen molar-refractivity contribution in [3.05, 3.63) is 68.3 Å². The largest absolute Gasteiger partial charge is 0.360 e. The highest BCUT2D eigenvalue weighted by Crippen LogP contribution is 2.42. The number of amides is 1. The fraction of sp³-hybridized carbons (Fsp3) is 0.417. The molecule has 0 spiro atoms. The summed E-state index contributed by atoms with van der Waals surface area (Å²) in [7, 11) is 1.77. The second-order valence-corrected chi connectivity index (χ2v) is 8.77. The minimum absolute atomic E-state index is 0.0611. The summed E-state index contributed by atoms with van der Waals surface area (Å²) in [6.07, 6.45) is 4.40. The monoisotopic (exact) mass is 391 g/mol. The van der Waals surface area contributed by atoms with E-state index in [4.69, 9.17) is 0 Å². The molecule has 0 aliphatic heterocycles. The normalized spacial score (nSPS) is 14.0. The van der Waals surface area contributed by atoms with Crippen LogP contribution in [0.15, 0.2) is 29.2 Å². The molecule has 1 saturated carbocycles. The molecule has 1 aliphatic rings. The number of aromatic amines is 2. The van der Waals surface area contributed by atoms with E-state index in [0.717, 1.165) is 22.2 Å². The third-order valence-corrected chi connectivity index (χ3v) is 5.98. The Labute approximate surface area is 171 Å². The first kappa shape index (κ1) is 19.5. The highest BCUT2D eigenvalue weighted by molar-refractivity contribution is 6.07. The van der Waals surface area contributed by atoms with Crippen LogP contribution in [-0.4, -0.2) is 27.8 Å². The van der Waals surface area contributed by atoms with E-state index in [-0.39, 0.29) is 18.0 Å². The van der Waals surface area contributed by atoms with Gasteiger partial charge in [0, 0.05) is 29.9 Å². The van der Waals surface area contributed by atoms with Gasteiger partial charge in [-0.1, -0.05) is 13.8 Å². The summed E-state index contributed by atoms with van der Waals surface area (Å²) in [5.41, 5.74) is 6.33. The number of carbonyl (C=O) groups is 1. The van der Waals surface area contributed by atoms with Gasteiger partial charge in [-0.2, -0.15) is 0 Å². The van der Waals surface area contributed by atoms with Gasteiger partial charge in [0.15, 0.2) is 0 Å². The molecule has 3 aromatic rings. The Balaban J connectivity index is 1.74. The molecule has 0 bridgehead atoms. The van der Waals surface area contributed by atoms with Crippen molar-refractivity contribution in [1.29, 1.82) is 0 Å². The third-order valence-electron chi connectivity index (χ3n) is 5.98. The number of nitrogens with zero attached hydrogens (tertiary/aromatic N) is 1. The summed E-state index contributed by atoms with van der Waals surface area (Å²) < 4.78 is 0. The maximum atomic E-state index is 13.4. The van der Waals surface area contributed by atoms with E-state index in [9.17, 15) is 9.59 Å². The molecule has 1 amide bonds. The summed E-state index contributed by atoms with van der Waals surface area (Å²) >= 11 is 0. The molecule has 152 valence electrons. The number of fused-ring (bicyclic) bond motifs is 1. The molecular formula is C24H29N3O2. The van der Waals surface area contributed by atoms with Gasteiger partial charge in [-0.05, 0) is 73.4 Å². The van der Waals surface area contributed by atoms with Crippen LogP contribution in [-0.2, 0) is 6.54 Å². The minimum atomic E-state index is -0.124. The van der Waals surface area contributed by atoms with Crippen molar-refractivity contribution in [2.45, 2.75) is 58.9 Å². The van der Waals surface area contributed by atoms with Gasteiger partial charge in [0.25, 0.3) is 11.5 Å². The van der Waals surface area contributed by atoms with Crippen LogP contribution in [0.4, 0.5) is 0 Å². The van der Waals surface area contributed by atoms with E-state index < -0.39 is 0 Å². The number of aryl methyl sites for hydroxylation is 2. The predicted molar refractivity (Wildman–Crippen MR) is 117 cm³/mol. The molecule has 5 heteroatoms. The molecule has 1 aliphatic carbocycles. The molecule has 29 heavy (non-hydrogen) atoms. The molecule has 2 aromatic heterocycles. The van der Waals surface area contributed by atoms with E-state index in [2.05, 4.69) is 29.9 Å². The topological polar surface area (TPSA) is 69.0 Å². The Morgan fingerprint density at radius 1 is 1.21 bits per heavy atom. The number of H-pyrrole nitrogens is 2. The number of carbonyl (C=O) groups excluding carboxylic acids is 1. The van der Waals surface area contributed by atoms with Gasteiger partial charge in [0.2, 0.25) is 0 Å². The summed E-state index contributed by atoms with van der Waals surface area (Å²) in [6, 6.07) is 6.25. The van der Waals surface area contributed by atoms with Crippen LogP contribution in [0, 0.1) is 13.8 Å². The van der Waals surface area contributed by atoms with Gasteiger partial charge >= 0.3 is 0 Å². The summed E-state index contributed by atoms with van der Waals surface area (Å²) in [5, 5.41) is 1.14.